The van der Waals surface area contributed by atoms with Gasteiger partial charge in [-0.3, -0.25) is 4.68 Å². The third-order valence-corrected chi connectivity index (χ3v) is 3.42. The lowest BCUT2D eigenvalue weighted by Crippen LogP contribution is -2.07. The third kappa shape index (κ3) is 3.81. The van der Waals surface area contributed by atoms with E-state index in [-0.39, 0.29) is 0 Å². The molecule has 0 fully saturated rings. The summed E-state index contributed by atoms with van der Waals surface area (Å²) < 4.78 is 2.01. The van der Waals surface area contributed by atoms with Crippen LogP contribution in [-0.4, -0.2) is 20.9 Å². The summed E-state index contributed by atoms with van der Waals surface area (Å²) in [6, 6.07) is 9.93. The number of rotatable bonds is 6. The van der Waals surface area contributed by atoms with E-state index in [1.807, 2.05) is 28.9 Å². The lowest BCUT2D eigenvalue weighted by Gasteiger charge is -2.09. The smallest absolute Gasteiger partial charge is 0.328 e. The predicted octanol–water partition coefficient (Wildman–Crippen LogP) is 3.15. The van der Waals surface area contributed by atoms with Gasteiger partial charge in [0.05, 0.1) is 12.2 Å². The van der Waals surface area contributed by atoms with Crippen molar-refractivity contribution in [1.82, 2.24) is 9.78 Å². The lowest BCUT2D eigenvalue weighted by molar-refractivity contribution is -0.131. The molecular weight excluding hydrogens is 264 g/mol. The van der Waals surface area contributed by atoms with Gasteiger partial charge in [0.2, 0.25) is 0 Å². The van der Waals surface area contributed by atoms with E-state index >= 15 is 0 Å². The highest BCUT2D eigenvalue weighted by atomic mass is 16.4. The lowest BCUT2D eigenvalue weighted by atomic mass is 10.1. The van der Waals surface area contributed by atoms with Gasteiger partial charge in [0.1, 0.15) is 0 Å². The van der Waals surface area contributed by atoms with Crippen molar-refractivity contribution in [1.29, 1.82) is 0 Å². The molecule has 21 heavy (non-hydrogen) atoms. The van der Waals surface area contributed by atoms with E-state index in [0.717, 1.165) is 29.7 Å². The average Bonchev–Trinajstić information content (AvgIpc) is 2.88. The zero-order chi connectivity index (χ0) is 15.2. The van der Waals surface area contributed by atoms with Gasteiger partial charge in [-0.25, -0.2) is 4.79 Å². The molecule has 110 valence electrons. The van der Waals surface area contributed by atoms with E-state index < -0.39 is 5.97 Å². The highest BCUT2D eigenvalue weighted by molar-refractivity contribution is 5.85. The predicted molar refractivity (Wildman–Crippen MR) is 83.2 cm³/mol. The van der Waals surface area contributed by atoms with Crippen LogP contribution >= 0.6 is 0 Å². The van der Waals surface area contributed by atoms with Crippen LogP contribution in [0, 0.1) is 0 Å². The molecule has 0 saturated heterocycles. The van der Waals surface area contributed by atoms with Gasteiger partial charge < -0.3 is 5.11 Å². The Kier molecular flexibility index (Phi) is 4.93. The first kappa shape index (κ1) is 15.0. The number of carboxylic acids is 1. The summed E-state index contributed by atoms with van der Waals surface area (Å²) in [7, 11) is 0. The number of hydrogen-bond acceptors (Lipinski definition) is 2. The number of nitrogens with zero attached hydrogens (tertiary/aromatic N) is 2. The highest BCUT2D eigenvalue weighted by Gasteiger charge is 2.07. The van der Waals surface area contributed by atoms with Gasteiger partial charge in [0, 0.05) is 11.8 Å². The molecule has 0 aliphatic heterocycles. The molecule has 0 bridgehead atoms. The second-order valence-electron chi connectivity index (χ2n) is 4.86. The van der Waals surface area contributed by atoms with Crippen LogP contribution in [-0.2, 0) is 24.2 Å². The maximum absolute atomic E-state index is 10.7. The van der Waals surface area contributed by atoms with Crippen LogP contribution in [0.25, 0.3) is 6.08 Å². The molecule has 0 atom stereocenters. The van der Waals surface area contributed by atoms with Gasteiger partial charge >= 0.3 is 5.97 Å². The molecule has 0 spiro atoms. The van der Waals surface area contributed by atoms with Crippen LogP contribution in [0.3, 0.4) is 0 Å². The highest BCUT2D eigenvalue weighted by Crippen LogP contribution is 2.15. The first-order valence-electron chi connectivity index (χ1n) is 7.18. The maximum Gasteiger partial charge on any atom is 0.328 e. The summed E-state index contributed by atoms with van der Waals surface area (Å²) in [6.07, 6.45) is 4.65. The van der Waals surface area contributed by atoms with Crippen LogP contribution in [0.5, 0.6) is 0 Å². The molecule has 1 aromatic carbocycles. The molecule has 0 unspecified atom stereocenters. The van der Waals surface area contributed by atoms with Gasteiger partial charge in [0.15, 0.2) is 0 Å². The Hall–Kier alpha value is -2.36. The summed E-state index contributed by atoms with van der Waals surface area (Å²) in [4.78, 5) is 10.7. The van der Waals surface area contributed by atoms with Crippen molar-refractivity contribution < 1.29 is 9.90 Å². The van der Waals surface area contributed by atoms with E-state index in [1.54, 1.807) is 6.08 Å². The maximum atomic E-state index is 10.7. The van der Waals surface area contributed by atoms with Crippen molar-refractivity contribution in [3.63, 3.8) is 0 Å². The fourth-order valence-corrected chi connectivity index (χ4v) is 2.27. The zero-order valence-corrected chi connectivity index (χ0v) is 12.4. The minimum absolute atomic E-state index is 0.656. The molecule has 2 aromatic rings. The second-order valence-corrected chi connectivity index (χ2v) is 4.86. The SMILES string of the molecule is CCc1cc(CC)n(Cc2ccccc2/C=C/C(=O)O)n1. The number of aliphatic carboxylic acids is 1. The van der Waals surface area contributed by atoms with Crippen LogP contribution in [0.1, 0.15) is 36.4 Å². The number of hydrogen-bond donors (Lipinski definition) is 1. The van der Waals surface area contributed by atoms with Crippen LogP contribution in [0.4, 0.5) is 0 Å². The number of carboxylic acid groups (broad SMARTS) is 1. The number of aromatic nitrogens is 2. The Morgan fingerprint density at radius 2 is 2.05 bits per heavy atom. The Labute approximate surface area is 124 Å². The largest absolute Gasteiger partial charge is 0.478 e. The van der Waals surface area contributed by atoms with Gasteiger partial charge in [0.25, 0.3) is 0 Å². The number of aryl methyl sites for hydroxylation is 2. The molecular formula is C17H20N2O2. The van der Waals surface area contributed by atoms with Crippen LogP contribution in [0.15, 0.2) is 36.4 Å². The Balaban J connectivity index is 2.31. The van der Waals surface area contributed by atoms with Crippen molar-refractivity contribution in [3.8, 4) is 0 Å². The van der Waals surface area contributed by atoms with E-state index in [9.17, 15) is 4.79 Å². The van der Waals surface area contributed by atoms with Gasteiger partial charge in [-0.15, -0.1) is 0 Å². The molecule has 1 aromatic heterocycles. The average molecular weight is 284 g/mol. The summed E-state index contributed by atoms with van der Waals surface area (Å²) in [5.41, 5.74) is 4.26. The second kappa shape index (κ2) is 6.88. The molecule has 4 nitrogen and oxygen atoms in total. The van der Waals surface area contributed by atoms with E-state index in [1.165, 1.54) is 11.8 Å². The van der Waals surface area contributed by atoms with Crippen molar-refractivity contribution >= 4 is 12.0 Å². The molecule has 0 saturated carbocycles. The fraction of sp³-hybridized carbons (Fsp3) is 0.294. The van der Waals surface area contributed by atoms with Crippen molar-refractivity contribution in [2.75, 3.05) is 0 Å². The molecule has 2 rings (SSSR count). The summed E-state index contributed by atoms with van der Waals surface area (Å²) in [5.74, 6) is -0.939. The number of carbonyl (C=O) groups is 1. The van der Waals surface area contributed by atoms with Gasteiger partial charge in [-0.2, -0.15) is 5.10 Å². The molecule has 4 heteroatoms. The topological polar surface area (TPSA) is 55.1 Å². The molecule has 1 N–H and O–H groups in total. The van der Waals surface area contributed by atoms with E-state index in [2.05, 4.69) is 25.0 Å². The normalized spacial score (nSPS) is 11.1. The van der Waals surface area contributed by atoms with Crippen molar-refractivity contribution in [2.24, 2.45) is 0 Å². The Morgan fingerprint density at radius 3 is 2.71 bits per heavy atom. The zero-order valence-electron chi connectivity index (χ0n) is 12.4. The molecule has 0 aliphatic carbocycles. The first-order valence-corrected chi connectivity index (χ1v) is 7.18. The third-order valence-electron chi connectivity index (χ3n) is 3.42. The van der Waals surface area contributed by atoms with Crippen LogP contribution in [0.2, 0.25) is 0 Å². The minimum Gasteiger partial charge on any atom is -0.478 e. The standard InChI is InChI=1S/C17H20N2O2/c1-3-15-11-16(4-2)19(18-15)12-14-8-6-5-7-13(14)9-10-17(20)21/h5-11H,3-4,12H2,1-2H3,(H,20,21)/b10-9+. The Bertz CT molecular complexity index is 657. The number of benzene rings is 1. The van der Waals surface area contributed by atoms with Crippen molar-refractivity contribution in [3.05, 3.63) is 58.9 Å². The molecule has 1 heterocycles. The summed E-state index contributed by atoms with van der Waals surface area (Å²) >= 11 is 0. The molecule has 0 radical (unpaired) electrons. The van der Waals surface area contributed by atoms with Crippen LogP contribution < -0.4 is 0 Å². The van der Waals surface area contributed by atoms with Crippen molar-refractivity contribution in [2.45, 2.75) is 33.2 Å². The van der Waals surface area contributed by atoms with Gasteiger partial charge in [-0.1, -0.05) is 38.1 Å². The monoisotopic (exact) mass is 284 g/mol. The minimum atomic E-state index is -0.939. The van der Waals surface area contributed by atoms with E-state index in [0.29, 0.717) is 6.54 Å². The van der Waals surface area contributed by atoms with E-state index in [4.69, 9.17) is 5.11 Å². The molecule has 0 amide bonds. The fourth-order valence-electron chi connectivity index (χ4n) is 2.27. The first-order chi connectivity index (χ1) is 10.1. The Morgan fingerprint density at radius 1 is 1.29 bits per heavy atom. The summed E-state index contributed by atoms with van der Waals surface area (Å²) in [5, 5.41) is 13.4. The molecule has 0 aliphatic rings. The quantitative estimate of drug-likeness (QED) is 0.829. The van der Waals surface area contributed by atoms with Gasteiger partial charge in [-0.05, 0) is 36.1 Å². The summed E-state index contributed by atoms with van der Waals surface area (Å²) in [6.45, 7) is 4.86.